The molecule has 2 aromatic heterocycles. The zero-order chi connectivity index (χ0) is 17.2. The van der Waals surface area contributed by atoms with E-state index in [4.69, 9.17) is 4.74 Å². The van der Waals surface area contributed by atoms with Crippen LogP contribution in [-0.2, 0) is 16.1 Å². The van der Waals surface area contributed by atoms with Gasteiger partial charge in [0.15, 0.2) is 0 Å². The van der Waals surface area contributed by atoms with Crippen molar-refractivity contribution in [2.45, 2.75) is 44.9 Å². The molecule has 1 amide bonds. The summed E-state index contributed by atoms with van der Waals surface area (Å²) >= 11 is 1.55. The second-order valence-corrected chi connectivity index (χ2v) is 7.50. The van der Waals surface area contributed by atoms with Crippen LogP contribution in [0.1, 0.15) is 26.7 Å². The summed E-state index contributed by atoms with van der Waals surface area (Å²) in [5.74, 6) is -0.198. The molecule has 0 radical (unpaired) electrons. The molecule has 1 N–H and O–H groups in total. The van der Waals surface area contributed by atoms with E-state index in [0.29, 0.717) is 12.3 Å². The van der Waals surface area contributed by atoms with E-state index in [-0.39, 0.29) is 29.7 Å². The Morgan fingerprint density at radius 1 is 1.46 bits per heavy atom. The first-order valence-corrected chi connectivity index (χ1v) is 8.86. The minimum Gasteiger partial charge on any atom is -0.375 e. The molecule has 1 saturated heterocycles. The molecular weight excluding hydrogens is 326 g/mol. The normalized spacial score (nSPS) is 19.8. The van der Waals surface area contributed by atoms with Gasteiger partial charge in [-0.1, -0.05) is 6.07 Å². The highest BCUT2D eigenvalue weighted by Gasteiger charge is 2.29. The summed E-state index contributed by atoms with van der Waals surface area (Å²) in [6.07, 6.45) is 1.54. The molecule has 1 aliphatic heterocycles. The first kappa shape index (κ1) is 16.9. The largest absolute Gasteiger partial charge is 0.375 e. The number of thiophene rings is 1. The first-order valence-electron chi connectivity index (χ1n) is 7.98. The van der Waals surface area contributed by atoms with E-state index in [1.807, 2.05) is 31.4 Å². The fourth-order valence-corrected chi connectivity index (χ4v) is 3.57. The lowest BCUT2D eigenvalue weighted by atomic mass is 9.94. The van der Waals surface area contributed by atoms with E-state index in [0.717, 1.165) is 17.7 Å². The number of hydrogen-bond donors (Lipinski definition) is 1. The highest BCUT2D eigenvalue weighted by molar-refractivity contribution is 7.13. The molecule has 1 atom stereocenters. The van der Waals surface area contributed by atoms with Crippen molar-refractivity contribution in [3.63, 3.8) is 0 Å². The van der Waals surface area contributed by atoms with Crippen molar-refractivity contribution in [1.82, 2.24) is 15.1 Å². The smallest absolute Gasteiger partial charge is 0.267 e. The van der Waals surface area contributed by atoms with Crippen LogP contribution >= 0.6 is 11.3 Å². The van der Waals surface area contributed by atoms with Crippen LogP contribution in [0.4, 0.5) is 0 Å². The zero-order valence-corrected chi connectivity index (χ0v) is 14.6. The van der Waals surface area contributed by atoms with Gasteiger partial charge < -0.3 is 10.1 Å². The monoisotopic (exact) mass is 347 g/mol. The number of amides is 1. The summed E-state index contributed by atoms with van der Waals surface area (Å²) in [6.45, 7) is 4.59. The third-order valence-corrected chi connectivity index (χ3v) is 4.89. The fraction of sp³-hybridized carbons (Fsp3) is 0.471. The van der Waals surface area contributed by atoms with Crippen molar-refractivity contribution < 1.29 is 9.53 Å². The molecule has 24 heavy (non-hydrogen) atoms. The van der Waals surface area contributed by atoms with Crippen LogP contribution in [0.5, 0.6) is 0 Å². The molecule has 3 heterocycles. The van der Waals surface area contributed by atoms with E-state index in [1.54, 1.807) is 17.4 Å². The maximum atomic E-state index is 12.3. The molecule has 6 nitrogen and oxygen atoms in total. The van der Waals surface area contributed by atoms with Crippen molar-refractivity contribution >= 4 is 17.2 Å². The van der Waals surface area contributed by atoms with Gasteiger partial charge in [0.1, 0.15) is 12.2 Å². The predicted molar refractivity (Wildman–Crippen MR) is 93.0 cm³/mol. The highest BCUT2D eigenvalue weighted by atomic mass is 32.1. The molecule has 0 unspecified atom stereocenters. The molecule has 0 aromatic carbocycles. The SMILES string of the molecule is CC1(C)C[C@H](NC(=O)Cn2nc(-c3cccs3)ccc2=O)CCO1. The molecule has 0 bridgehead atoms. The van der Waals surface area contributed by atoms with E-state index in [2.05, 4.69) is 10.4 Å². The van der Waals surface area contributed by atoms with Crippen LogP contribution < -0.4 is 10.9 Å². The quantitative estimate of drug-likeness (QED) is 0.919. The minimum atomic E-state index is -0.280. The lowest BCUT2D eigenvalue weighted by molar-refractivity contribution is -0.124. The maximum absolute atomic E-state index is 12.3. The Morgan fingerprint density at radius 2 is 2.29 bits per heavy atom. The summed E-state index contributed by atoms with van der Waals surface area (Å²) in [4.78, 5) is 25.2. The van der Waals surface area contributed by atoms with Gasteiger partial charge in [-0.3, -0.25) is 9.59 Å². The topological polar surface area (TPSA) is 73.2 Å². The summed E-state index contributed by atoms with van der Waals surface area (Å²) < 4.78 is 6.87. The van der Waals surface area contributed by atoms with Crippen molar-refractivity contribution in [1.29, 1.82) is 0 Å². The van der Waals surface area contributed by atoms with Gasteiger partial charge in [-0.05, 0) is 44.2 Å². The van der Waals surface area contributed by atoms with Crippen LogP contribution in [0.3, 0.4) is 0 Å². The maximum Gasteiger partial charge on any atom is 0.267 e. The number of aromatic nitrogens is 2. The second kappa shape index (κ2) is 6.86. The van der Waals surface area contributed by atoms with Crippen molar-refractivity contribution in [3.8, 4) is 10.6 Å². The summed E-state index contributed by atoms with van der Waals surface area (Å²) in [7, 11) is 0. The lowest BCUT2D eigenvalue weighted by Gasteiger charge is -2.35. The molecule has 0 spiro atoms. The van der Waals surface area contributed by atoms with Gasteiger partial charge in [-0.2, -0.15) is 5.10 Å². The number of nitrogens with one attached hydrogen (secondary N) is 1. The third-order valence-electron chi connectivity index (χ3n) is 4.00. The molecule has 0 aliphatic carbocycles. The molecule has 128 valence electrons. The lowest BCUT2D eigenvalue weighted by Crippen LogP contribution is -2.47. The Hall–Kier alpha value is -1.99. The van der Waals surface area contributed by atoms with Crippen LogP contribution in [0.15, 0.2) is 34.4 Å². The van der Waals surface area contributed by atoms with Crippen molar-refractivity contribution in [2.75, 3.05) is 6.61 Å². The predicted octanol–water partition coefficient (Wildman–Crippen LogP) is 2.05. The summed E-state index contributed by atoms with van der Waals surface area (Å²) in [5, 5.41) is 9.24. The molecule has 3 rings (SSSR count). The fourth-order valence-electron chi connectivity index (χ4n) is 2.88. The Morgan fingerprint density at radius 3 is 3.00 bits per heavy atom. The average molecular weight is 347 g/mol. The van der Waals surface area contributed by atoms with Crippen molar-refractivity contribution in [3.05, 3.63) is 40.0 Å². The summed E-state index contributed by atoms with van der Waals surface area (Å²) in [5.41, 5.74) is 0.187. The van der Waals surface area contributed by atoms with Gasteiger partial charge in [-0.25, -0.2) is 4.68 Å². The van der Waals surface area contributed by atoms with Gasteiger partial charge in [0.05, 0.1) is 10.5 Å². The van der Waals surface area contributed by atoms with Crippen LogP contribution in [0.25, 0.3) is 10.6 Å². The van der Waals surface area contributed by atoms with Gasteiger partial charge in [0.2, 0.25) is 5.91 Å². The average Bonchev–Trinajstić information content (AvgIpc) is 3.02. The molecule has 1 aliphatic rings. The molecule has 0 saturated carbocycles. The number of rotatable bonds is 4. The minimum absolute atomic E-state index is 0.0671. The van der Waals surface area contributed by atoms with Gasteiger partial charge in [0, 0.05) is 18.7 Å². The van der Waals surface area contributed by atoms with Gasteiger partial charge in [0.25, 0.3) is 5.56 Å². The Kier molecular flexibility index (Phi) is 4.82. The van der Waals surface area contributed by atoms with E-state index >= 15 is 0 Å². The number of carbonyl (C=O) groups is 1. The Labute approximate surface area is 144 Å². The number of hydrogen-bond acceptors (Lipinski definition) is 5. The Bertz CT molecular complexity index is 768. The first-order chi connectivity index (χ1) is 11.4. The van der Waals surface area contributed by atoms with Crippen LogP contribution in [-0.4, -0.2) is 33.9 Å². The van der Waals surface area contributed by atoms with E-state index in [1.165, 1.54) is 10.7 Å². The third kappa shape index (κ3) is 4.10. The number of nitrogens with zero attached hydrogens (tertiary/aromatic N) is 2. The molecule has 1 fully saturated rings. The van der Waals surface area contributed by atoms with Gasteiger partial charge >= 0.3 is 0 Å². The molecule has 7 heteroatoms. The van der Waals surface area contributed by atoms with Crippen molar-refractivity contribution in [2.24, 2.45) is 0 Å². The molecule has 2 aromatic rings. The highest BCUT2D eigenvalue weighted by Crippen LogP contribution is 2.24. The number of carbonyl (C=O) groups excluding carboxylic acids is 1. The zero-order valence-electron chi connectivity index (χ0n) is 13.8. The van der Waals surface area contributed by atoms with E-state index < -0.39 is 0 Å². The molecular formula is C17H21N3O3S. The van der Waals surface area contributed by atoms with E-state index in [9.17, 15) is 9.59 Å². The summed E-state index contributed by atoms with van der Waals surface area (Å²) in [6, 6.07) is 7.07. The number of ether oxygens (including phenoxy) is 1. The van der Waals surface area contributed by atoms with Crippen LogP contribution in [0, 0.1) is 0 Å². The standard InChI is InChI=1S/C17H21N3O3S/c1-17(2)10-12(7-8-23-17)18-15(21)11-20-16(22)6-5-13(19-20)14-4-3-9-24-14/h3-6,9,12H,7-8,10-11H2,1-2H3,(H,18,21)/t12-/m1/s1. The van der Waals surface area contributed by atoms with Gasteiger partial charge in [-0.15, -0.1) is 11.3 Å². The second-order valence-electron chi connectivity index (χ2n) is 6.56. The van der Waals surface area contributed by atoms with Crippen LogP contribution in [0.2, 0.25) is 0 Å². The Balaban J connectivity index is 1.68.